The highest BCUT2D eigenvalue weighted by Crippen LogP contribution is 2.37. The van der Waals surface area contributed by atoms with Crippen molar-refractivity contribution in [2.24, 2.45) is 4.99 Å². The summed E-state index contributed by atoms with van der Waals surface area (Å²) in [5.74, 6) is 0.660. The first-order valence-electron chi connectivity index (χ1n) is 14.5. The molecule has 0 N–H and O–H groups in total. The molecule has 0 fully saturated rings. The number of carbonyl (C=O) groups is 1. The van der Waals surface area contributed by atoms with Crippen LogP contribution in [0.5, 0.6) is 11.5 Å². The molecule has 45 heavy (non-hydrogen) atoms. The summed E-state index contributed by atoms with van der Waals surface area (Å²) in [6, 6.07) is 26.7. The third kappa shape index (κ3) is 6.10. The average Bonchev–Trinajstić information content (AvgIpc) is 3.33. The van der Waals surface area contributed by atoms with Crippen LogP contribution in [0.3, 0.4) is 0 Å². The van der Waals surface area contributed by atoms with Crippen LogP contribution in [-0.4, -0.2) is 23.8 Å². The first kappa shape index (κ1) is 30.6. The van der Waals surface area contributed by atoms with Crippen molar-refractivity contribution in [3.05, 3.63) is 137 Å². The molecule has 1 aliphatic rings. The Labute approximate surface area is 272 Å². The van der Waals surface area contributed by atoms with E-state index in [1.807, 2.05) is 60.7 Å². The van der Waals surface area contributed by atoms with Gasteiger partial charge in [-0.1, -0.05) is 87.9 Å². The zero-order valence-electron chi connectivity index (χ0n) is 25.2. The number of fused-ring (bicyclic) bond motifs is 2. The fourth-order valence-corrected chi connectivity index (χ4v) is 6.94. The first-order chi connectivity index (χ1) is 21.7. The number of aromatic nitrogens is 1. The predicted molar refractivity (Wildman–Crippen MR) is 180 cm³/mol. The molecular formula is C36H31BrN2O5S. The number of methoxy groups -OCH3 is 1. The van der Waals surface area contributed by atoms with Crippen LogP contribution in [0.4, 0.5) is 0 Å². The van der Waals surface area contributed by atoms with Crippen LogP contribution in [0.25, 0.3) is 16.8 Å². The number of benzene rings is 4. The third-order valence-corrected chi connectivity index (χ3v) is 9.02. The van der Waals surface area contributed by atoms with Gasteiger partial charge < -0.3 is 14.2 Å². The minimum Gasteiger partial charge on any atom is -0.496 e. The average molecular weight is 684 g/mol. The van der Waals surface area contributed by atoms with Crippen LogP contribution in [0.15, 0.2) is 110 Å². The predicted octanol–water partition coefficient (Wildman–Crippen LogP) is 6.69. The topological polar surface area (TPSA) is 79.1 Å². The Balaban J connectivity index is 1.45. The van der Waals surface area contributed by atoms with Crippen LogP contribution in [-0.2, 0) is 16.1 Å². The molecule has 0 saturated carbocycles. The number of hydrogen-bond acceptors (Lipinski definition) is 7. The van der Waals surface area contributed by atoms with Crippen molar-refractivity contribution in [1.29, 1.82) is 0 Å². The van der Waals surface area contributed by atoms with Gasteiger partial charge in [0.2, 0.25) is 0 Å². The Morgan fingerprint density at radius 2 is 1.78 bits per heavy atom. The fraction of sp³-hybridized carbons (Fsp3) is 0.194. The zero-order valence-corrected chi connectivity index (χ0v) is 27.6. The molecule has 5 aromatic rings. The SMILES string of the molecule is COc1ccc(Br)cc1[C@H]1C(C(=O)OC(C)C)=C(C)N=c2s/c(=C\c3ccccc3OCc3cccc4ccccc34)c(=O)n21. The molecule has 1 aromatic heterocycles. The lowest BCUT2D eigenvalue weighted by atomic mass is 9.95. The van der Waals surface area contributed by atoms with Crippen molar-refractivity contribution in [3.8, 4) is 11.5 Å². The van der Waals surface area contributed by atoms with Crippen molar-refractivity contribution in [3.63, 3.8) is 0 Å². The molecule has 2 heterocycles. The molecule has 0 amide bonds. The summed E-state index contributed by atoms with van der Waals surface area (Å²) in [6.45, 7) is 5.72. The number of esters is 1. The first-order valence-corrected chi connectivity index (χ1v) is 16.1. The molecule has 0 unspecified atom stereocenters. The van der Waals surface area contributed by atoms with E-state index in [9.17, 15) is 9.59 Å². The van der Waals surface area contributed by atoms with Crippen molar-refractivity contribution in [1.82, 2.24) is 4.57 Å². The summed E-state index contributed by atoms with van der Waals surface area (Å²) >= 11 is 4.81. The number of thiazole rings is 1. The van der Waals surface area contributed by atoms with Gasteiger partial charge >= 0.3 is 5.97 Å². The van der Waals surface area contributed by atoms with E-state index >= 15 is 0 Å². The number of rotatable bonds is 8. The number of nitrogens with zero attached hydrogens (tertiary/aromatic N) is 2. The molecule has 0 saturated heterocycles. The summed E-state index contributed by atoms with van der Waals surface area (Å²) in [6.07, 6.45) is 1.47. The van der Waals surface area contributed by atoms with Crippen molar-refractivity contribution >= 4 is 50.1 Å². The molecule has 0 aliphatic carbocycles. The zero-order chi connectivity index (χ0) is 31.7. The maximum atomic E-state index is 14.2. The van der Waals surface area contributed by atoms with E-state index in [4.69, 9.17) is 19.2 Å². The van der Waals surface area contributed by atoms with E-state index in [0.29, 0.717) is 38.7 Å². The maximum Gasteiger partial charge on any atom is 0.338 e. The molecule has 0 radical (unpaired) electrons. The van der Waals surface area contributed by atoms with Crippen LogP contribution >= 0.6 is 27.3 Å². The summed E-state index contributed by atoms with van der Waals surface area (Å²) in [5.41, 5.74) is 2.97. The van der Waals surface area contributed by atoms with Crippen molar-refractivity contribution < 1.29 is 19.0 Å². The molecule has 0 bridgehead atoms. The number of hydrogen-bond donors (Lipinski definition) is 0. The number of carbonyl (C=O) groups excluding carboxylic acids is 1. The van der Waals surface area contributed by atoms with Crippen LogP contribution < -0.4 is 24.4 Å². The highest BCUT2D eigenvalue weighted by molar-refractivity contribution is 9.10. The van der Waals surface area contributed by atoms with E-state index in [0.717, 1.165) is 26.4 Å². The second kappa shape index (κ2) is 12.9. The van der Waals surface area contributed by atoms with E-state index in [1.165, 1.54) is 11.3 Å². The van der Waals surface area contributed by atoms with Gasteiger partial charge in [-0.15, -0.1) is 0 Å². The molecule has 6 rings (SSSR count). The van der Waals surface area contributed by atoms with Gasteiger partial charge in [-0.2, -0.15) is 0 Å². The summed E-state index contributed by atoms with van der Waals surface area (Å²) in [5, 5.41) is 2.28. The van der Waals surface area contributed by atoms with E-state index in [-0.39, 0.29) is 17.2 Å². The molecule has 228 valence electrons. The monoisotopic (exact) mass is 682 g/mol. The van der Waals surface area contributed by atoms with E-state index in [1.54, 1.807) is 38.5 Å². The van der Waals surface area contributed by atoms with Gasteiger partial charge in [-0.25, -0.2) is 9.79 Å². The van der Waals surface area contributed by atoms with Gasteiger partial charge in [0.15, 0.2) is 4.80 Å². The molecule has 7 nitrogen and oxygen atoms in total. The maximum absolute atomic E-state index is 14.2. The van der Waals surface area contributed by atoms with Gasteiger partial charge in [0.25, 0.3) is 5.56 Å². The Morgan fingerprint density at radius 1 is 1.02 bits per heavy atom. The van der Waals surface area contributed by atoms with Gasteiger partial charge in [-0.3, -0.25) is 9.36 Å². The lowest BCUT2D eigenvalue weighted by Gasteiger charge is -2.26. The standard InChI is InChI=1S/C36H31BrN2O5S/c1-21(2)44-35(41)32-22(3)38-36-39(33(32)28-19-26(37)16-17-30(28)42-4)34(40)31(45-36)18-24-11-6-8-15-29(24)43-20-25-13-9-12-23-10-5-7-14-27(23)25/h5-19,21,33H,20H2,1-4H3/b31-18-/t33-/m0/s1. The Hall–Kier alpha value is -4.47. The fourth-order valence-electron chi connectivity index (χ4n) is 5.52. The molecular weight excluding hydrogens is 652 g/mol. The molecule has 4 aromatic carbocycles. The number of allylic oxidation sites excluding steroid dienone is 1. The largest absolute Gasteiger partial charge is 0.496 e. The minimum absolute atomic E-state index is 0.281. The quantitative estimate of drug-likeness (QED) is 0.171. The molecule has 0 spiro atoms. The number of para-hydroxylation sites is 1. The van der Waals surface area contributed by atoms with Crippen LogP contribution in [0.1, 0.15) is 43.5 Å². The van der Waals surface area contributed by atoms with Gasteiger partial charge in [0, 0.05) is 15.6 Å². The smallest absolute Gasteiger partial charge is 0.338 e. The van der Waals surface area contributed by atoms with E-state index < -0.39 is 12.0 Å². The number of ether oxygens (including phenoxy) is 3. The summed E-state index contributed by atoms with van der Waals surface area (Å²) < 4.78 is 20.5. The van der Waals surface area contributed by atoms with Crippen LogP contribution in [0.2, 0.25) is 0 Å². The molecule has 9 heteroatoms. The summed E-state index contributed by atoms with van der Waals surface area (Å²) in [4.78, 5) is 32.9. The van der Waals surface area contributed by atoms with Crippen molar-refractivity contribution in [2.75, 3.05) is 7.11 Å². The highest BCUT2D eigenvalue weighted by atomic mass is 79.9. The van der Waals surface area contributed by atoms with Crippen molar-refractivity contribution in [2.45, 2.75) is 39.5 Å². The van der Waals surface area contributed by atoms with E-state index in [2.05, 4.69) is 40.2 Å². The number of halogens is 1. The highest BCUT2D eigenvalue weighted by Gasteiger charge is 2.35. The third-order valence-electron chi connectivity index (χ3n) is 7.54. The Kier molecular flexibility index (Phi) is 8.74. The lowest BCUT2D eigenvalue weighted by molar-refractivity contribution is -0.143. The Bertz CT molecular complexity index is 2140. The Morgan fingerprint density at radius 3 is 2.58 bits per heavy atom. The second-order valence-electron chi connectivity index (χ2n) is 10.9. The second-order valence-corrected chi connectivity index (χ2v) is 12.8. The lowest BCUT2D eigenvalue weighted by Crippen LogP contribution is -2.40. The van der Waals surface area contributed by atoms with Crippen LogP contribution in [0, 0.1) is 0 Å². The molecule has 1 aliphatic heterocycles. The normalized spacial score (nSPS) is 14.8. The molecule has 1 atom stereocenters. The summed E-state index contributed by atoms with van der Waals surface area (Å²) in [7, 11) is 1.56. The van der Waals surface area contributed by atoms with Gasteiger partial charge in [-0.05, 0) is 67.4 Å². The van der Waals surface area contributed by atoms with Gasteiger partial charge in [0.1, 0.15) is 24.1 Å². The van der Waals surface area contributed by atoms with Gasteiger partial charge in [0.05, 0.1) is 29.0 Å². The minimum atomic E-state index is -0.806.